The summed E-state index contributed by atoms with van der Waals surface area (Å²) in [6.07, 6.45) is 7.30. The fourth-order valence-corrected chi connectivity index (χ4v) is 4.35. The van der Waals surface area contributed by atoms with Gasteiger partial charge in [-0.3, -0.25) is 19.4 Å². The number of carbonyl (C=O) groups excluding carboxylic acids is 1. The molecule has 0 bridgehead atoms. The average molecular weight is 515 g/mol. The number of rotatable bonds is 8. The van der Waals surface area contributed by atoms with Crippen LogP contribution >= 0.6 is 23.2 Å². The van der Waals surface area contributed by atoms with Crippen molar-refractivity contribution in [3.8, 4) is 0 Å². The molecular formula is C24H20Cl2N4O5. The molecule has 0 saturated carbocycles. The third-order valence-electron chi connectivity index (χ3n) is 5.61. The molecule has 35 heavy (non-hydrogen) atoms. The van der Waals surface area contributed by atoms with Gasteiger partial charge < -0.3 is 20.6 Å². The van der Waals surface area contributed by atoms with Crippen molar-refractivity contribution >= 4 is 52.1 Å². The maximum Gasteiger partial charge on any atom is 0.326 e. The number of aliphatic carboxylic acids is 1. The highest BCUT2D eigenvalue weighted by molar-refractivity contribution is 6.40. The second-order valence-electron chi connectivity index (χ2n) is 7.96. The standard InChI is InChI=1S/C24H20Cl2N4O5/c25-15-11-27-12-16(26)18(15)23(33)28-14-6-4-13(5-7-14)10-17(24(34)35)29-19-20(22(32)21(19)31)30-8-2-1-3-9-30/h1-2,4-7,11-12,17,29H,3,8-10H2,(H,28,33)(H,34,35)/t17-/m0/s1. The van der Waals surface area contributed by atoms with Gasteiger partial charge in [0.15, 0.2) is 0 Å². The van der Waals surface area contributed by atoms with Gasteiger partial charge in [-0.1, -0.05) is 47.5 Å². The number of hydrogen-bond acceptors (Lipinski definition) is 7. The van der Waals surface area contributed by atoms with Crippen LogP contribution in [-0.2, 0) is 11.2 Å². The highest BCUT2D eigenvalue weighted by atomic mass is 35.5. The summed E-state index contributed by atoms with van der Waals surface area (Å²) in [4.78, 5) is 54.3. The van der Waals surface area contributed by atoms with Crippen LogP contribution in [0, 0.1) is 0 Å². The van der Waals surface area contributed by atoms with E-state index in [2.05, 4.69) is 15.6 Å². The van der Waals surface area contributed by atoms with E-state index in [9.17, 15) is 24.3 Å². The van der Waals surface area contributed by atoms with E-state index >= 15 is 0 Å². The normalized spacial score (nSPS) is 14.1. The number of carboxylic acids is 1. The molecule has 2 aromatic carbocycles. The van der Waals surface area contributed by atoms with Crippen LogP contribution in [0.25, 0.3) is 0 Å². The number of amides is 1. The molecule has 1 aliphatic rings. The van der Waals surface area contributed by atoms with Crippen LogP contribution in [0.5, 0.6) is 0 Å². The molecule has 1 amide bonds. The lowest BCUT2D eigenvalue weighted by atomic mass is 10.0. The molecule has 11 heteroatoms. The number of nitrogens with one attached hydrogen (secondary N) is 2. The fraction of sp³-hybridized carbons (Fsp3) is 0.208. The van der Waals surface area contributed by atoms with Gasteiger partial charge in [0.2, 0.25) is 0 Å². The molecule has 0 radical (unpaired) electrons. The maximum atomic E-state index is 12.5. The molecule has 2 heterocycles. The second kappa shape index (κ2) is 10.3. The summed E-state index contributed by atoms with van der Waals surface area (Å²) in [6, 6.07) is 5.39. The van der Waals surface area contributed by atoms with E-state index < -0.39 is 28.8 Å². The molecule has 3 N–H and O–H groups in total. The van der Waals surface area contributed by atoms with Gasteiger partial charge in [-0.15, -0.1) is 0 Å². The van der Waals surface area contributed by atoms with E-state index in [1.54, 1.807) is 29.2 Å². The fourth-order valence-electron chi connectivity index (χ4n) is 3.82. The van der Waals surface area contributed by atoms with Crippen LogP contribution in [0.3, 0.4) is 0 Å². The lowest BCUT2D eigenvalue weighted by Crippen LogP contribution is -2.46. The molecule has 0 fully saturated rings. The van der Waals surface area contributed by atoms with Crippen molar-refractivity contribution in [2.45, 2.75) is 18.9 Å². The van der Waals surface area contributed by atoms with Crippen molar-refractivity contribution in [2.75, 3.05) is 28.6 Å². The Morgan fingerprint density at radius 2 is 1.74 bits per heavy atom. The smallest absolute Gasteiger partial charge is 0.326 e. The Morgan fingerprint density at radius 1 is 1.06 bits per heavy atom. The van der Waals surface area contributed by atoms with Gasteiger partial charge in [-0.2, -0.15) is 0 Å². The van der Waals surface area contributed by atoms with E-state index in [-0.39, 0.29) is 33.4 Å². The van der Waals surface area contributed by atoms with Crippen LogP contribution in [0.15, 0.2) is 58.4 Å². The molecule has 0 saturated heterocycles. The molecule has 3 aromatic rings. The Balaban J connectivity index is 1.45. The van der Waals surface area contributed by atoms with Crippen LogP contribution in [0.1, 0.15) is 22.3 Å². The molecule has 180 valence electrons. The molecule has 4 rings (SSSR count). The first-order valence-corrected chi connectivity index (χ1v) is 11.4. The SMILES string of the molecule is O=C(Nc1ccc(C[C@H](Nc2c(N3CC=CCC3)c(=O)c2=O)C(=O)O)cc1)c1c(Cl)cncc1Cl. The number of aromatic nitrogens is 1. The van der Waals surface area contributed by atoms with Crippen molar-refractivity contribution in [2.24, 2.45) is 0 Å². The number of carboxylic acid groups (broad SMARTS) is 1. The van der Waals surface area contributed by atoms with E-state index in [4.69, 9.17) is 23.2 Å². The summed E-state index contributed by atoms with van der Waals surface area (Å²) >= 11 is 12.0. The molecule has 1 aliphatic heterocycles. The Morgan fingerprint density at radius 3 is 2.34 bits per heavy atom. The predicted octanol–water partition coefficient (Wildman–Crippen LogP) is 3.11. The molecule has 0 aliphatic carbocycles. The van der Waals surface area contributed by atoms with Gasteiger partial charge in [-0.05, 0) is 24.1 Å². The largest absolute Gasteiger partial charge is 0.480 e. The van der Waals surface area contributed by atoms with Gasteiger partial charge in [0.05, 0.1) is 15.6 Å². The van der Waals surface area contributed by atoms with Crippen molar-refractivity contribution < 1.29 is 14.7 Å². The van der Waals surface area contributed by atoms with E-state index in [0.29, 0.717) is 24.3 Å². The monoisotopic (exact) mass is 514 g/mol. The Labute approximate surface area is 209 Å². The van der Waals surface area contributed by atoms with Crippen LogP contribution in [-0.4, -0.2) is 41.1 Å². The van der Waals surface area contributed by atoms with Gasteiger partial charge in [0, 0.05) is 37.6 Å². The minimum Gasteiger partial charge on any atom is -0.480 e. The minimum atomic E-state index is -1.16. The number of nitrogens with zero attached hydrogens (tertiary/aromatic N) is 2. The minimum absolute atomic E-state index is 0.0349. The lowest BCUT2D eigenvalue weighted by molar-refractivity contribution is -0.137. The highest BCUT2D eigenvalue weighted by Gasteiger charge is 2.30. The molecular weight excluding hydrogens is 495 g/mol. The molecule has 0 spiro atoms. The summed E-state index contributed by atoms with van der Waals surface area (Å²) in [5.74, 6) is -1.68. The first kappa shape index (κ1) is 24.4. The van der Waals surface area contributed by atoms with Crippen LogP contribution < -0.4 is 26.4 Å². The number of hydrogen-bond donors (Lipinski definition) is 3. The quantitative estimate of drug-likeness (QED) is 0.309. The summed E-state index contributed by atoms with van der Waals surface area (Å²) in [6.45, 7) is 1.07. The topological polar surface area (TPSA) is 129 Å². The molecule has 9 nitrogen and oxygen atoms in total. The first-order valence-electron chi connectivity index (χ1n) is 10.7. The summed E-state index contributed by atoms with van der Waals surface area (Å²) in [7, 11) is 0. The van der Waals surface area contributed by atoms with E-state index in [1.807, 2.05) is 12.2 Å². The predicted molar refractivity (Wildman–Crippen MR) is 135 cm³/mol. The molecule has 1 atom stereocenters. The number of halogens is 2. The van der Waals surface area contributed by atoms with Crippen molar-refractivity contribution in [3.63, 3.8) is 0 Å². The third kappa shape index (κ3) is 5.21. The summed E-state index contributed by atoms with van der Waals surface area (Å²) in [5, 5.41) is 15.4. The van der Waals surface area contributed by atoms with E-state index in [1.165, 1.54) is 12.4 Å². The van der Waals surface area contributed by atoms with Crippen molar-refractivity contribution in [1.82, 2.24) is 4.98 Å². The molecule has 0 unspecified atom stereocenters. The van der Waals surface area contributed by atoms with Crippen LogP contribution in [0.4, 0.5) is 17.1 Å². The zero-order valence-corrected chi connectivity index (χ0v) is 19.8. The van der Waals surface area contributed by atoms with Crippen molar-refractivity contribution in [1.29, 1.82) is 0 Å². The number of benzene rings is 1. The summed E-state index contributed by atoms with van der Waals surface area (Å²) < 4.78 is 0. The lowest BCUT2D eigenvalue weighted by Gasteiger charge is -2.29. The Kier molecular flexibility index (Phi) is 7.18. The van der Waals surface area contributed by atoms with E-state index in [0.717, 1.165) is 6.42 Å². The highest BCUT2D eigenvalue weighted by Crippen LogP contribution is 2.25. The van der Waals surface area contributed by atoms with Gasteiger partial charge in [-0.25, -0.2) is 4.79 Å². The summed E-state index contributed by atoms with van der Waals surface area (Å²) in [5.41, 5.74) is 0.128. The Bertz CT molecular complexity index is 1360. The zero-order chi connectivity index (χ0) is 25.1. The Hall–Kier alpha value is -3.69. The number of carbonyl (C=O) groups is 2. The van der Waals surface area contributed by atoms with Crippen LogP contribution in [0.2, 0.25) is 10.0 Å². The van der Waals surface area contributed by atoms with Crippen molar-refractivity contribution in [3.05, 3.63) is 90.4 Å². The van der Waals surface area contributed by atoms with Gasteiger partial charge >= 0.3 is 5.97 Å². The number of anilines is 3. The first-order chi connectivity index (χ1) is 16.8. The third-order valence-corrected chi connectivity index (χ3v) is 6.18. The average Bonchev–Trinajstić information content (AvgIpc) is 2.84. The maximum absolute atomic E-state index is 12.5. The number of pyridine rings is 1. The molecule has 1 aromatic heterocycles. The van der Waals surface area contributed by atoms with Gasteiger partial charge in [0.1, 0.15) is 17.4 Å². The zero-order valence-electron chi connectivity index (χ0n) is 18.3. The second-order valence-corrected chi connectivity index (χ2v) is 8.77. The van der Waals surface area contributed by atoms with Gasteiger partial charge in [0.25, 0.3) is 16.8 Å².